The van der Waals surface area contributed by atoms with Gasteiger partial charge in [-0.3, -0.25) is 4.79 Å². The fraction of sp³-hybridized carbons (Fsp3) is 0.111. The van der Waals surface area contributed by atoms with Crippen LogP contribution in [-0.2, 0) is 11.4 Å². The number of halogens is 1. The summed E-state index contributed by atoms with van der Waals surface area (Å²) in [7, 11) is 0. The smallest absolute Gasteiger partial charge is 0.286 e. The Morgan fingerprint density at radius 2 is 2.00 bits per heavy atom. The molecule has 0 atom stereocenters. The highest BCUT2D eigenvalue weighted by molar-refractivity contribution is 14.1. The van der Waals surface area contributed by atoms with Crippen LogP contribution in [0.15, 0.2) is 52.4 Å². The third-order valence-corrected chi connectivity index (χ3v) is 5.06. The lowest BCUT2D eigenvalue weighted by Crippen LogP contribution is -2.01. The van der Waals surface area contributed by atoms with E-state index in [-0.39, 0.29) is 5.91 Å². The van der Waals surface area contributed by atoms with Gasteiger partial charge in [0.15, 0.2) is 5.17 Å². The standard InChI is InChI=1S/C18H15IN2O2S/c1-11-2-4-12(5-3-11)10-23-15-7-6-13(8-14(15)19)9-16-17(22)21-18(20)24-16/h2-9H,10H2,1H3,(H2,20,21,22). The Bertz CT molecular complexity index is 845. The zero-order chi connectivity index (χ0) is 17.1. The number of amidine groups is 1. The molecule has 2 N–H and O–H groups in total. The summed E-state index contributed by atoms with van der Waals surface area (Å²) in [5.41, 5.74) is 8.84. The minimum Gasteiger partial charge on any atom is -0.488 e. The van der Waals surface area contributed by atoms with Crippen molar-refractivity contribution in [3.63, 3.8) is 0 Å². The van der Waals surface area contributed by atoms with Crippen molar-refractivity contribution in [3.05, 3.63) is 67.6 Å². The van der Waals surface area contributed by atoms with Crippen LogP contribution in [-0.4, -0.2) is 11.1 Å². The topological polar surface area (TPSA) is 64.7 Å². The predicted octanol–water partition coefficient (Wildman–Crippen LogP) is 4.11. The van der Waals surface area contributed by atoms with E-state index in [4.69, 9.17) is 10.5 Å². The van der Waals surface area contributed by atoms with Crippen LogP contribution < -0.4 is 10.5 Å². The normalized spacial score (nSPS) is 15.7. The number of hydrogen-bond acceptors (Lipinski definition) is 4. The average Bonchev–Trinajstić information content (AvgIpc) is 2.86. The zero-order valence-corrected chi connectivity index (χ0v) is 15.9. The monoisotopic (exact) mass is 450 g/mol. The molecule has 0 radical (unpaired) electrons. The van der Waals surface area contributed by atoms with E-state index in [2.05, 4.69) is 58.8 Å². The predicted molar refractivity (Wildman–Crippen MR) is 107 cm³/mol. The lowest BCUT2D eigenvalue weighted by atomic mass is 10.1. The molecule has 2 aromatic carbocycles. The van der Waals surface area contributed by atoms with E-state index in [0.717, 1.165) is 20.4 Å². The summed E-state index contributed by atoms with van der Waals surface area (Å²) in [6.07, 6.45) is 1.79. The van der Waals surface area contributed by atoms with Crippen LogP contribution in [0.3, 0.4) is 0 Å². The van der Waals surface area contributed by atoms with Crippen molar-refractivity contribution >= 4 is 51.5 Å². The molecule has 0 fully saturated rings. The minimum atomic E-state index is -0.285. The molecular formula is C18H15IN2O2S. The second kappa shape index (κ2) is 7.40. The molecule has 0 unspecified atom stereocenters. The summed E-state index contributed by atoms with van der Waals surface area (Å²) in [4.78, 5) is 15.9. The Hall–Kier alpha value is -1.80. The number of hydrogen-bond donors (Lipinski definition) is 1. The number of thioether (sulfide) groups is 1. The molecule has 1 aliphatic heterocycles. The summed E-state index contributed by atoms with van der Waals surface area (Å²) < 4.78 is 6.87. The SMILES string of the molecule is Cc1ccc(COc2ccc(C=C3SC(N)=NC3=O)cc2I)cc1. The molecule has 0 bridgehead atoms. The molecule has 1 aliphatic rings. The Labute approximate surface area is 158 Å². The van der Waals surface area contributed by atoms with Gasteiger partial charge in [0.05, 0.1) is 8.48 Å². The van der Waals surface area contributed by atoms with Crippen LogP contribution in [0, 0.1) is 10.5 Å². The number of ether oxygens (including phenoxy) is 1. The Kier molecular flexibility index (Phi) is 5.25. The van der Waals surface area contributed by atoms with Gasteiger partial charge in [-0.15, -0.1) is 0 Å². The number of nitrogens with zero attached hydrogens (tertiary/aromatic N) is 1. The van der Waals surface area contributed by atoms with E-state index < -0.39 is 0 Å². The number of aliphatic imine (C=N–C) groups is 1. The number of aryl methyl sites for hydroxylation is 1. The van der Waals surface area contributed by atoms with Crippen LogP contribution >= 0.6 is 34.4 Å². The summed E-state index contributed by atoms with van der Waals surface area (Å²) in [5.74, 6) is 0.534. The van der Waals surface area contributed by atoms with Gasteiger partial charge in [-0.05, 0) is 70.6 Å². The molecule has 24 heavy (non-hydrogen) atoms. The van der Waals surface area contributed by atoms with Gasteiger partial charge in [-0.25, -0.2) is 0 Å². The molecule has 0 spiro atoms. The number of rotatable bonds is 4. The van der Waals surface area contributed by atoms with Gasteiger partial charge in [0.2, 0.25) is 0 Å². The quantitative estimate of drug-likeness (QED) is 0.563. The van der Waals surface area contributed by atoms with Gasteiger partial charge in [0, 0.05) is 0 Å². The number of nitrogens with two attached hydrogens (primary N) is 1. The van der Waals surface area contributed by atoms with Crippen molar-refractivity contribution in [1.29, 1.82) is 0 Å². The minimum absolute atomic E-state index is 0.285. The van der Waals surface area contributed by atoms with Crippen LogP contribution in [0.4, 0.5) is 0 Å². The fourth-order valence-electron chi connectivity index (χ4n) is 2.15. The summed E-state index contributed by atoms with van der Waals surface area (Å²) >= 11 is 3.42. The Morgan fingerprint density at radius 3 is 2.62 bits per heavy atom. The van der Waals surface area contributed by atoms with Crippen molar-refractivity contribution in [3.8, 4) is 5.75 Å². The average molecular weight is 450 g/mol. The molecule has 3 rings (SSSR count). The van der Waals surface area contributed by atoms with E-state index in [1.54, 1.807) is 6.08 Å². The van der Waals surface area contributed by atoms with Gasteiger partial charge in [-0.1, -0.05) is 35.9 Å². The molecule has 6 heteroatoms. The third kappa shape index (κ3) is 4.18. The van der Waals surface area contributed by atoms with E-state index >= 15 is 0 Å². The van der Waals surface area contributed by atoms with Gasteiger partial charge in [-0.2, -0.15) is 4.99 Å². The lowest BCUT2D eigenvalue weighted by Gasteiger charge is -2.09. The van der Waals surface area contributed by atoms with Gasteiger partial charge >= 0.3 is 0 Å². The molecule has 1 heterocycles. The second-order valence-corrected chi connectivity index (χ2v) is 7.55. The molecule has 2 aromatic rings. The zero-order valence-electron chi connectivity index (χ0n) is 13.0. The van der Waals surface area contributed by atoms with Crippen molar-refractivity contribution in [2.45, 2.75) is 13.5 Å². The van der Waals surface area contributed by atoms with E-state index in [9.17, 15) is 4.79 Å². The highest BCUT2D eigenvalue weighted by atomic mass is 127. The Morgan fingerprint density at radius 1 is 1.25 bits per heavy atom. The van der Waals surface area contributed by atoms with Crippen molar-refractivity contribution in [1.82, 2.24) is 0 Å². The lowest BCUT2D eigenvalue weighted by molar-refractivity contribution is -0.113. The maximum atomic E-state index is 11.6. The Balaban J connectivity index is 1.70. The van der Waals surface area contributed by atoms with E-state index in [1.165, 1.54) is 17.3 Å². The van der Waals surface area contributed by atoms with Crippen molar-refractivity contribution < 1.29 is 9.53 Å². The number of benzene rings is 2. The number of carbonyl (C=O) groups excluding carboxylic acids is 1. The van der Waals surface area contributed by atoms with Gasteiger partial charge < -0.3 is 10.5 Å². The maximum absolute atomic E-state index is 11.6. The molecule has 0 saturated carbocycles. The van der Waals surface area contributed by atoms with Crippen LogP contribution in [0.25, 0.3) is 6.08 Å². The van der Waals surface area contributed by atoms with E-state index in [1.807, 2.05) is 18.2 Å². The first-order valence-corrected chi connectivity index (χ1v) is 9.17. The maximum Gasteiger partial charge on any atom is 0.286 e. The van der Waals surface area contributed by atoms with Gasteiger partial charge in [0.25, 0.3) is 5.91 Å². The number of amides is 1. The second-order valence-electron chi connectivity index (χ2n) is 5.33. The summed E-state index contributed by atoms with van der Waals surface area (Å²) in [6, 6.07) is 14.1. The molecule has 0 saturated heterocycles. The fourth-order valence-corrected chi connectivity index (χ4v) is 3.52. The van der Waals surface area contributed by atoms with Gasteiger partial charge in [0.1, 0.15) is 12.4 Å². The highest BCUT2D eigenvalue weighted by Gasteiger charge is 2.19. The van der Waals surface area contributed by atoms with E-state index in [0.29, 0.717) is 16.7 Å². The first-order chi connectivity index (χ1) is 11.5. The third-order valence-electron chi connectivity index (χ3n) is 3.41. The van der Waals surface area contributed by atoms with Crippen LogP contribution in [0.2, 0.25) is 0 Å². The molecule has 122 valence electrons. The largest absolute Gasteiger partial charge is 0.488 e. The highest BCUT2D eigenvalue weighted by Crippen LogP contribution is 2.29. The van der Waals surface area contributed by atoms with Crippen LogP contribution in [0.1, 0.15) is 16.7 Å². The van der Waals surface area contributed by atoms with Crippen LogP contribution in [0.5, 0.6) is 5.75 Å². The summed E-state index contributed by atoms with van der Waals surface area (Å²) in [6.45, 7) is 2.59. The van der Waals surface area contributed by atoms with Crippen molar-refractivity contribution in [2.24, 2.45) is 10.7 Å². The molecule has 0 aromatic heterocycles. The molecule has 1 amide bonds. The summed E-state index contributed by atoms with van der Waals surface area (Å²) in [5, 5.41) is 0.291. The first kappa shape index (κ1) is 17.0. The molecular weight excluding hydrogens is 435 g/mol. The molecule has 0 aliphatic carbocycles. The first-order valence-electron chi connectivity index (χ1n) is 7.27. The number of carbonyl (C=O) groups is 1. The van der Waals surface area contributed by atoms with Crippen molar-refractivity contribution in [2.75, 3.05) is 0 Å². The molecule has 4 nitrogen and oxygen atoms in total.